The van der Waals surface area contributed by atoms with Gasteiger partial charge in [-0.1, -0.05) is 0 Å². The molecule has 1 N–H and O–H groups in total. The maximum atomic E-state index is 11.9. The summed E-state index contributed by atoms with van der Waals surface area (Å²) in [6.07, 6.45) is 1.57. The Morgan fingerprint density at radius 3 is 2.69 bits per heavy atom. The summed E-state index contributed by atoms with van der Waals surface area (Å²) in [4.78, 5) is 27.0. The van der Waals surface area contributed by atoms with Gasteiger partial charge in [0.25, 0.3) is 5.69 Å². The number of likely N-dealkylation sites (N-methyl/N-ethyl adjacent to an activating group) is 1. The van der Waals surface area contributed by atoms with Crippen molar-refractivity contribution in [2.75, 3.05) is 46.6 Å². The maximum absolute atomic E-state index is 11.9. The number of hydrogen-bond donors (Lipinski definition) is 1. The Labute approximate surface area is 150 Å². The number of piperazine rings is 1. The van der Waals surface area contributed by atoms with Gasteiger partial charge in [-0.25, -0.2) is 5.43 Å². The molecule has 0 spiro atoms. The average Bonchev–Trinajstić information content (AvgIpc) is 3.08. The van der Waals surface area contributed by atoms with Gasteiger partial charge < -0.3 is 19.3 Å². The molecule has 1 amide bonds. The smallest absolute Gasteiger partial charge is 0.282 e. The van der Waals surface area contributed by atoms with Crippen LogP contribution in [-0.4, -0.2) is 73.4 Å². The van der Waals surface area contributed by atoms with Gasteiger partial charge in [-0.2, -0.15) is 5.10 Å². The largest absolute Gasteiger partial charge is 0.454 e. The van der Waals surface area contributed by atoms with E-state index >= 15 is 0 Å². The molecule has 0 saturated carbocycles. The summed E-state index contributed by atoms with van der Waals surface area (Å²) >= 11 is 0. The predicted molar refractivity (Wildman–Crippen MR) is 93.5 cm³/mol. The Morgan fingerprint density at radius 1 is 1.31 bits per heavy atom. The number of amides is 1. The van der Waals surface area contributed by atoms with E-state index in [4.69, 9.17) is 9.47 Å². The zero-order chi connectivity index (χ0) is 18.5. The van der Waals surface area contributed by atoms with E-state index in [1.807, 2.05) is 0 Å². The average molecular weight is 363 g/mol. The molecule has 0 unspecified atom stereocenters. The number of nitro groups is 1. The number of ether oxygens (including phenoxy) is 2. The minimum absolute atomic E-state index is 0.0239. The van der Waals surface area contributed by atoms with E-state index in [-0.39, 0.29) is 24.0 Å². The number of fused-ring (bicyclic) bond motifs is 1. The van der Waals surface area contributed by atoms with Gasteiger partial charge in [0.2, 0.25) is 12.7 Å². The molecule has 0 aromatic heterocycles. The second kappa shape index (κ2) is 8.11. The number of carbonyl (C=O) groups excluding carboxylic acids is 1. The van der Waals surface area contributed by atoms with Gasteiger partial charge in [0, 0.05) is 39.1 Å². The highest BCUT2D eigenvalue weighted by molar-refractivity contribution is 5.88. The van der Waals surface area contributed by atoms with Gasteiger partial charge in [-0.3, -0.25) is 14.9 Å². The lowest BCUT2D eigenvalue weighted by Gasteiger charge is -2.32. The van der Waals surface area contributed by atoms with Crippen LogP contribution >= 0.6 is 0 Å². The summed E-state index contributed by atoms with van der Waals surface area (Å²) in [7, 11) is 2.08. The molecule has 1 fully saturated rings. The Morgan fingerprint density at radius 2 is 2.00 bits per heavy atom. The molecule has 3 rings (SSSR count). The molecule has 1 aromatic carbocycles. The Balaban J connectivity index is 1.53. The first-order valence-corrected chi connectivity index (χ1v) is 8.34. The summed E-state index contributed by atoms with van der Waals surface area (Å²) in [6.45, 7) is 4.56. The van der Waals surface area contributed by atoms with Crippen LogP contribution in [0.2, 0.25) is 0 Å². The molecule has 0 atom stereocenters. The van der Waals surface area contributed by atoms with Crippen molar-refractivity contribution < 1.29 is 19.2 Å². The van der Waals surface area contributed by atoms with E-state index < -0.39 is 4.92 Å². The Kier molecular flexibility index (Phi) is 5.64. The first-order valence-electron chi connectivity index (χ1n) is 8.34. The first-order chi connectivity index (χ1) is 12.5. The van der Waals surface area contributed by atoms with Crippen LogP contribution < -0.4 is 14.9 Å². The SMILES string of the molecule is CN1CCN(CCC(=O)NN=Cc2cc3c(cc2[N+](=O)[O-])OCO3)CC1. The molecule has 0 bridgehead atoms. The van der Waals surface area contributed by atoms with Crippen LogP contribution in [-0.2, 0) is 4.79 Å². The number of hydrazone groups is 1. The van der Waals surface area contributed by atoms with E-state index in [0.29, 0.717) is 24.5 Å². The highest BCUT2D eigenvalue weighted by atomic mass is 16.7. The highest BCUT2D eigenvalue weighted by Crippen LogP contribution is 2.37. The Hall–Kier alpha value is -2.72. The van der Waals surface area contributed by atoms with Gasteiger partial charge in [0.1, 0.15) is 0 Å². The summed E-state index contributed by atoms with van der Waals surface area (Å²) in [5, 5.41) is 15.0. The number of hydrogen-bond acceptors (Lipinski definition) is 8. The van der Waals surface area contributed by atoms with Crippen molar-refractivity contribution in [2.24, 2.45) is 5.10 Å². The summed E-state index contributed by atoms with van der Waals surface area (Å²) in [5.74, 6) is 0.507. The summed E-state index contributed by atoms with van der Waals surface area (Å²) in [6, 6.07) is 2.76. The number of benzene rings is 1. The van der Waals surface area contributed by atoms with Crippen LogP contribution in [0.1, 0.15) is 12.0 Å². The van der Waals surface area contributed by atoms with Crippen molar-refractivity contribution in [3.05, 3.63) is 27.8 Å². The summed E-state index contributed by atoms with van der Waals surface area (Å²) in [5.41, 5.74) is 2.48. The van der Waals surface area contributed by atoms with Crippen molar-refractivity contribution in [3.8, 4) is 11.5 Å². The molecule has 140 valence electrons. The van der Waals surface area contributed by atoms with Gasteiger partial charge in [-0.05, 0) is 13.1 Å². The summed E-state index contributed by atoms with van der Waals surface area (Å²) < 4.78 is 10.3. The molecule has 1 saturated heterocycles. The third kappa shape index (κ3) is 4.46. The zero-order valence-electron chi connectivity index (χ0n) is 14.5. The molecule has 10 heteroatoms. The van der Waals surface area contributed by atoms with Crippen molar-refractivity contribution in [2.45, 2.75) is 6.42 Å². The van der Waals surface area contributed by atoms with Gasteiger partial charge in [0.05, 0.1) is 22.8 Å². The van der Waals surface area contributed by atoms with Crippen LogP contribution in [0, 0.1) is 10.1 Å². The van der Waals surface area contributed by atoms with Gasteiger partial charge in [0.15, 0.2) is 11.5 Å². The number of nitrogens with zero attached hydrogens (tertiary/aromatic N) is 4. The Bertz CT molecular complexity index is 715. The van der Waals surface area contributed by atoms with Crippen LogP contribution in [0.15, 0.2) is 17.2 Å². The van der Waals surface area contributed by atoms with E-state index in [2.05, 4.69) is 27.4 Å². The van der Waals surface area contributed by atoms with Gasteiger partial charge in [-0.15, -0.1) is 0 Å². The standard InChI is InChI=1S/C16H21N5O5/c1-19-4-6-20(7-5-19)3-2-16(22)18-17-10-12-8-14-15(26-11-25-14)9-13(12)21(23)24/h8-10H,2-7,11H2,1H3,(H,18,22). The molecule has 0 aliphatic carbocycles. The normalized spacial score (nSPS) is 17.6. The molecular weight excluding hydrogens is 342 g/mol. The lowest BCUT2D eigenvalue weighted by Crippen LogP contribution is -2.45. The minimum atomic E-state index is -0.529. The van der Waals surface area contributed by atoms with Gasteiger partial charge >= 0.3 is 0 Å². The molecular formula is C16H21N5O5. The van der Waals surface area contributed by atoms with E-state index in [1.165, 1.54) is 18.3 Å². The second-order valence-corrected chi connectivity index (χ2v) is 6.21. The molecule has 1 aromatic rings. The van der Waals surface area contributed by atoms with Crippen molar-refractivity contribution in [3.63, 3.8) is 0 Å². The topological polar surface area (TPSA) is 110 Å². The zero-order valence-corrected chi connectivity index (χ0v) is 14.5. The van der Waals surface area contributed by atoms with Crippen molar-refractivity contribution in [1.82, 2.24) is 15.2 Å². The monoisotopic (exact) mass is 363 g/mol. The number of nitro benzene ring substituents is 1. The minimum Gasteiger partial charge on any atom is -0.454 e. The molecule has 2 aliphatic heterocycles. The lowest BCUT2D eigenvalue weighted by atomic mass is 10.1. The number of nitrogens with one attached hydrogen (secondary N) is 1. The first kappa shape index (κ1) is 18.1. The van der Waals surface area contributed by atoms with E-state index in [0.717, 1.165) is 26.2 Å². The van der Waals surface area contributed by atoms with E-state index in [9.17, 15) is 14.9 Å². The molecule has 2 aliphatic rings. The molecule has 2 heterocycles. The second-order valence-electron chi connectivity index (χ2n) is 6.21. The third-order valence-corrected chi connectivity index (χ3v) is 4.36. The molecule has 26 heavy (non-hydrogen) atoms. The van der Waals surface area contributed by atoms with Crippen LogP contribution in [0.25, 0.3) is 0 Å². The third-order valence-electron chi connectivity index (χ3n) is 4.36. The lowest BCUT2D eigenvalue weighted by molar-refractivity contribution is -0.385. The van der Waals surface area contributed by atoms with Crippen LogP contribution in [0.3, 0.4) is 0 Å². The fourth-order valence-corrected chi connectivity index (χ4v) is 2.77. The fraction of sp³-hybridized carbons (Fsp3) is 0.500. The predicted octanol–water partition coefficient (Wildman–Crippen LogP) is 0.411. The molecule has 0 radical (unpaired) electrons. The van der Waals surface area contributed by atoms with Crippen molar-refractivity contribution >= 4 is 17.8 Å². The van der Waals surface area contributed by atoms with Crippen LogP contribution in [0.5, 0.6) is 11.5 Å². The quantitative estimate of drug-likeness (QED) is 0.443. The molecule has 10 nitrogen and oxygen atoms in total. The number of carbonyl (C=O) groups is 1. The number of rotatable bonds is 6. The highest BCUT2D eigenvalue weighted by Gasteiger charge is 2.22. The maximum Gasteiger partial charge on any atom is 0.282 e. The fourth-order valence-electron chi connectivity index (χ4n) is 2.77. The van der Waals surface area contributed by atoms with Crippen molar-refractivity contribution in [1.29, 1.82) is 0 Å². The van der Waals surface area contributed by atoms with Crippen LogP contribution in [0.4, 0.5) is 5.69 Å². The van der Waals surface area contributed by atoms with E-state index in [1.54, 1.807) is 0 Å².